The number of hydrogen-bond acceptors (Lipinski definition) is 13. The normalized spacial score (nSPS) is 16.0. The molecule has 1 aliphatic heterocycles. The molecular weight excluding hydrogens is 1080 g/mol. The van der Waals surface area contributed by atoms with Gasteiger partial charge in [0.25, 0.3) is 0 Å². The molecule has 0 radical (unpaired) electrons. The lowest BCUT2D eigenvalue weighted by molar-refractivity contribution is -0.133. The van der Waals surface area contributed by atoms with Crippen LogP contribution in [0.4, 0.5) is 17.1 Å². The summed E-state index contributed by atoms with van der Waals surface area (Å²) in [6.45, 7) is 2.23. The van der Waals surface area contributed by atoms with Gasteiger partial charge < -0.3 is 20.2 Å². The van der Waals surface area contributed by atoms with Crippen LogP contribution < -0.4 is 4.90 Å². The van der Waals surface area contributed by atoms with Gasteiger partial charge in [0.1, 0.15) is 34.9 Å². The second-order valence-corrected chi connectivity index (χ2v) is 24.8. The Kier molecular flexibility index (Phi) is 16.7. The summed E-state index contributed by atoms with van der Waals surface area (Å²) in [6, 6.07) is 50.2. The molecule has 10 nitrogen and oxygen atoms in total. The number of benzene rings is 3. The minimum atomic E-state index is -1.25. The third-order valence-corrected chi connectivity index (χ3v) is 19.8. The molecule has 0 spiro atoms. The maximum Gasteiger partial charge on any atom is 0.346 e. The fraction of sp³-hybridized carbons (Fsp3) is 0.0820. The summed E-state index contributed by atoms with van der Waals surface area (Å²) in [6.07, 6.45) is 18.9. The van der Waals surface area contributed by atoms with Crippen LogP contribution in [0, 0.1) is 34.0 Å². The molecule has 9 rings (SSSR count). The lowest BCUT2D eigenvalue weighted by Crippen LogP contribution is -2.10. The highest BCUT2D eigenvalue weighted by Gasteiger charge is 2.37. The van der Waals surface area contributed by atoms with Crippen molar-refractivity contribution in [2.45, 2.75) is 29.8 Å². The second-order valence-electron chi connectivity index (χ2n) is 17.5. The molecule has 3 aromatic carbocycles. The van der Waals surface area contributed by atoms with Crippen molar-refractivity contribution in [3.05, 3.63) is 202 Å². The molecule has 1 fully saturated rings. The van der Waals surface area contributed by atoms with Crippen molar-refractivity contribution in [3.63, 3.8) is 0 Å². The van der Waals surface area contributed by atoms with Gasteiger partial charge in [-0.3, -0.25) is 0 Å². The number of carbonyl (C=O) groups is 3. The molecule has 0 aliphatic carbocycles. The molecule has 16 heteroatoms. The zero-order chi connectivity index (χ0) is 54.1. The van der Waals surface area contributed by atoms with Gasteiger partial charge in [-0.25, -0.2) is 14.4 Å². The molecule has 8 aromatic rings. The lowest BCUT2D eigenvalue weighted by atomic mass is 10.0. The molecule has 5 aromatic heterocycles. The van der Waals surface area contributed by atoms with Crippen LogP contribution in [0.25, 0.3) is 68.1 Å². The zero-order valence-corrected chi connectivity index (χ0v) is 45.6. The number of hydrogen-bond donors (Lipinski definition) is 3. The summed E-state index contributed by atoms with van der Waals surface area (Å²) in [5.41, 5.74) is 5.16. The minimum absolute atomic E-state index is 0.125. The third-order valence-electron chi connectivity index (χ3n) is 12.2. The average molecular weight is 1120 g/mol. The van der Waals surface area contributed by atoms with Crippen LogP contribution in [0.2, 0.25) is 0 Å². The molecule has 378 valence electrons. The van der Waals surface area contributed by atoms with Crippen LogP contribution in [-0.4, -0.2) is 38.5 Å². The number of thioether (sulfide) groups is 1. The molecule has 2 atom stereocenters. The van der Waals surface area contributed by atoms with E-state index in [0.29, 0.717) is 15.0 Å². The molecule has 77 heavy (non-hydrogen) atoms. The summed E-state index contributed by atoms with van der Waals surface area (Å²) in [5, 5.41) is 55.7. The smallest absolute Gasteiger partial charge is 0.346 e. The van der Waals surface area contributed by atoms with E-state index in [1.54, 1.807) is 40.9 Å². The largest absolute Gasteiger partial charge is 0.477 e. The lowest BCUT2D eigenvalue weighted by Gasteiger charge is -2.26. The zero-order valence-electron chi connectivity index (χ0n) is 40.7. The Hall–Kier alpha value is -8.37. The van der Waals surface area contributed by atoms with E-state index in [0.717, 1.165) is 85.6 Å². The first-order valence-electron chi connectivity index (χ1n) is 23.6. The number of anilines is 3. The standard InChI is InChI=1S/C61H42N4O6S6/c1-61(57-29-24-52(76-57)34-43(37-64)60(70)71)31-30-49(77-61)19-10-40-6-15-46(16-7-40)65(44-11-2-38(3-12-44)8-17-47-20-25-53(72-47)55-27-22-50(74-55)32-41(35-62)58(66)67)45-13-4-39(5-14-45)9-18-48-21-26-54(73-48)56-28-23-51(75-56)33-42(36-63)59(68)69/h2-29,32-34,49H,30-31H2,1H3,(H,66,67)(H,68,69)(H,70,71)/b17-8+,18-9+,19-10+,41-32-,42-33-,43-34-. The van der Waals surface area contributed by atoms with E-state index in [1.807, 2.05) is 60.3 Å². The summed E-state index contributed by atoms with van der Waals surface area (Å²) in [7, 11) is 0. The maximum absolute atomic E-state index is 11.4. The first-order chi connectivity index (χ1) is 37.3. The molecule has 0 bridgehead atoms. The highest BCUT2D eigenvalue weighted by atomic mass is 32.2. The monoisotopic (exact) mass is 1120 g/mol. The summed E-state index contributed by atoms with van der Waals surface area (Å²) in [5.74, 6) is -3.73. The SMILES string of the molecule is CC1(c2ccc(/C=C(/C#N)C(=O)O)s2)CCC(/C=C/c2ccc(N(c3ccc(/C=C/c4ccc(-c5ccc(/C=C(/C#N)C(=O)O)s5)s4)cc3)c3ccc(/C=C/c4ccc(-c5ccc(/C=C(/C#N)C(=O)O)s5)s4)cc3)cc2)S1. The summed E-state index contributed by atoms with van der Waals surface area (Å²) < 4.78 is -0.125. The van der Waals surface area contributed by atoms with Crippen LogP contribution >= 0.6 is 68.4 Å². The van der Waals surface area contributed by atoms with Gasteiger partial charge >= 0.3 is 17.9 Å². The number of nitriles is 3. The van der Waals surface area contributed by atoms with Crippen molar-refractivity contribution in [1.82, 2.24) is 0 Å². The fourth-order valence-electron chi connectivity index (χ4n) is 8.25. The Labute approximate surface area is 468 Å². The van der Waals surface area contributed by atoms with E-state index in [9.17, 15) is 45.5 Å². The third kappa shape index (κ3) is 13.2. The molecule has 2 unspecified atom stereocenters. The van der Waals surface area contributed by atoms with Gasteiger partial charge in [-0.2, -0.15) is 15.8 Å². The molecule has 3 N–H and O–H groups in total. The van der Waals surface area contributed by atoms with Gasteiger partial charge in [0.05, 0.1) is 0 Å². The minimum Gasteiger partial charge on any atom is -0.477 e. The van der Waals surface area contributed by atoms with Crippen LogP contribution in [0.15, 0.2) is 156 Å². The molecule has 1 aliphatic rings. The highest BCUT2D eigenvalue weighted by Crippen LogP contribution is 2.53. The van der Waals surface area contributed by atoms with Crippen LogP contribution in [-0.2, 0) is 19.1 Å². The van der Waals surface area contributed by atoms with Crippen LogP contribution in [0.1, 0.15) is 65.7 Å². The number of carboxylic acid groups (broad SMARTS) is 3. The van der Waals surface area contributed by atoms with E-state index < -0.39 is 17.9 Å². The van der Waals surface area contributed by atoms with Crippen molar-refractivity contribution < 1.29 is 29.7 Å². The molecule has 6 heterocycles. The number of rotatable bonds is 18. The van der Waals surface area contributed by atoms with Gasteiger partial charge in [-0.05, 0) is 164 Å². The van der Waals surface area contributed by atoms with E-state index in [2.05, 4.69) is 133 Å². The second kappa shape index (κ2) is 24.1. The Morgan fingerprint density at radius 1 is 0.481 bits per heavy atom. The van der Waals surface area contributed by atoms with E-state index in [-0.39, 0.29) is 21.5 Å². The molecule has 1 saturated heterocycles. The Balaban J connectivity index is 0.918. The fourth-order valence-corrected chi connectivity index (χ4v) is 14.9. The Bertz CT molecular complexity index is 3670. The summed E-state index contributed by atoms with van der Waals surface area (Å²) in [4.78, 5) is 45.8. The molecule has 0 saturated carbocycles. The summed E-state index contributed by atoms with van der Waals surface area (Å²) >= 11 is 9.56. The van der Waals surface area contributed by atoms with E-state index in [4.69, 9.17) is 0 Å². The highest BCUT2D eigenvalue weighted by molar-refractivity contribution is 8.01. The quantitative estimate of drug-likeness (QED) is 0.0548. The number of nitrogens with zero attached hydrogens (tertiary/aromatic N) is 4. The van der Waals surface area contributed by atoms with Crippen molar-refractivity contribution in [1.29, 1.82) is 15.8 Å². The predicted octanol–water partition coefficient (Wildman–Crippen LogP) is 16.9. The van der Waals surface area contributed by atoms with Gasteiger partial charge in [0, 0.05) is 75.8 Å². The topological polar surface area (TPSA) is 187 Å². The average Bonchev–Trinajstić information content (AvgIpc) is 4.32. The van der Waals surface area contributed by atoms with Gasteiger partial charge in [0.2, 0.25) is 0 Å². The Morgan fingerprint density at radius 3 is 1.22 bits per heavy atom. The maximum atomic E-state index is 11.4. The van der Waals surface area contributed by atoms with E-state index >= 15 is 0 Å². The molecule has 0 amide bonds. The van der Waals surface area contributed by atoms with Gasteiger partial charge in [-0.1, -0.05) is 60.7 Å². The first-order valence-corrected chi connectivity index (χ1v) is 28.6. The van der Waals surface area contributed by atoms with Gasteiger partial charge in [0.15, 0.2) is 0 Å². The van der Waals surface area contributed by atoms with Crippen molar-refractivity contribution >= 4 is 152 Å². The first kappa shape index (κ1) is 53.5. The van der Waals surface area contributed by atoms with Crippen LogP contribution in [0.5, 0.6) is 0 Å². The Morgan fingerprint density at radius 2 is 0.831 bits per heavy atom. The van der Waals surface area contributed by atoms with Crippen molar-refractivity contribution in [2.75, 3.05) is 4.90 Å². The van der Waals surface area contributed by atoms with Crippen LogP contribution in [0.3, 0.4) is 0 Å². The molecular formula is C61H42N4O6S6. The van der Waals surface area contributed by atoms with Crippen molar-refractivity contribution in [2.24, 2.45) is 0 Å². The van der Waals surface area contributed by atoms with Gasteiger partial charge in [-0.15, -0.1) is 68.4 Å². The number of thiophene rings is 5. The number of carboxylic acids is 3. The van der Waals surface area contributed by atoms with E-state index in [1.165, 1.54) is 52.2 Å². The predicted molar refractivity (Wildman–Crippen MR) is 319 cm³/mol. The number of aliphatic carboxylic acids is 3. The van der Waals surface area contributed by atoms with Crippen molar-refractivity contribution in [3.8, 4) is 37.7 Å².